The molecule has 0 aromatic heterocycles. The Morgan fingerprint density at radius 2 is 2.05 bits per heavy atom. The van der Waals surface area contributed by atoms with E-state index in [-0.39, 0.29) is 17.9 Å². The highest BCUT2D eigenvalue weighted by Crippen LogP contribution is 2.10. The van der Waals surface area contributed by atoms with E-state index < -0.39 is 0 Å². The van der Waals surface area contributed by atoms with Crippen molar-refractivity contribution in [2.45, 2.75) is 25.9 Å². The molecule has 5 nitrogen and oxygen atoms in total. The van der Waals surface area contributed by atoms with Gasteiger partial charge < -0.3 is 16.0 Å². The van der Waals surface area contributed by atoms with E-state index in [1.807, 2.05) is 30.8 Å². The summed E-state index contributed by atoms with van der Waals surface area (Å²) in [6.45, 7) is 3.98. The zero-order valence-electron chi connectivity index (χ0n) is 12.9. The topological polar surface area (TPSA) is 70.2 Å². The van der Waals surface area contributed by atoms with Gasteiger partial charge in [0.15, 0.2) is 0 Å². The molecule has 6 heteroatoms. The molecule has 1 saturated heterocycles. The van der Waals surface area contributed by atoms with E-state index in [0.29, 0.717) is 25.1 Å². The van der Waals surface area contributed by atoms with E-state index in [2.05, 4.69) is 16.0 Å². The molecule has 2 amide bonds. The lowest BCUT2D eigenvalue weighted by atomic mass is 10.1. The second-order valence-electron chi connectivity index (χ2n) is 5.26. The fourth-order valence-corrected chi connectivity index (χ4v) is 3.23. The van der Waals surface area contributed by atoms with Gasteiger partial charge in [-0.3, -0.25) is 9.59 Å². The van der Waals surface area contributed by atoms with Crippen LogP contribution in [0, 0.1) is 0 Å². The second-order valence-corrected chi connectivity index (χ2v) is 6.41. The molecule has 22 heavy (non-hydrogen) atoms. The van der Waals surface area contributed by atoms with Gasteiger partial charge in [0.2, 0.25) is 5.91 Å². The maximum absolute atomic E-state index is 11.9. The second kappa shape index (κ2) is 8.80. The molecule has 1 fully saturated rings. The van der Waals surface area contributed by atoms with Crippen LogP contribution in [0.15, 0.2) is 24.3 Å². The summed E-state index contributed by atoms with van der Waals surface area (Å²) in [5.74, 6) is 2.11. The number of rotatable bonds is 6. The Balaban J connectivity index is 1.76. The Morgan fingerprint density at radius 1 is 1.27 bits per heavy atom. The molecule has 3 N–H and O–H groups in total. The lowest BCUT2D eigenvalue weighted by Crippen LogP contribution is -2.41. The molecular weight excluding hydrogens is 298 g/mol. The predicted molar refractivity (Wildman–Crippen MR) is 90.0 cm³/mol. The molecule has 1 unspecified atom stereocenters. The van der Waals surface area contributed by atoms with E-state index in [1.165, 1.54) is 0 Å². The van der Waals surface area contributed by atoms with Crippen molar-refractivity contribution < 1.29 is 9.59 Å². The number of amides is 2. The maximum atomic E-state index is 11.9. The number of thioether (sulfide) groups is 1. The Hall–Kier alpha value is -1.53. The van der Waals surface area contributed by atoms with Crippen molar-refractivity contribution in [1.29, 1.82) is 0 Å². The van der Waals surface area contributed by atoms with Crippen LogP contribution in [0.1, 0.15) is 29.3 Å². The van der Waals surface area contributed by atoms with Crippen molar-refractivity contribution >= 4 is 23.6 Å². The van der Waals surface area contributed by atoms with Crippen molar-refractivity contribution in [2.75, 3.05) is 24.6 Å². The predicted octanol–water partition coefficient (Wildman–Crippen LogP) is 1.15. The zero-order valence-corrected chi connectivity index (χ0v) is 13.7. The van der Waals surface area contributed by atoms with E-state index >= 15 is 0 Å². The van der Waals surface area contributed by atoms with Crippen molar-refractivity contribution in [3.8, 4) is 0 Å². The molecular formula is C16H23N3O2S. The molecule has 120 valence electrons. The average molecular weight is 321 g/mol. The number of hydrogen-bond acceptors (Lipinski definition) is 4. The van der Waals surface area contributed by atoms with Crippen molar-refractivity contribution in [1.82, 2.24) is 16.0 Å². The van der Waals surface area contributed by atoms with Crippen LogP contribution in [0.2, 0.25) is 0 Å². The summed E-state index contributed by atoms with van der Waals surface area (Å²) in [5, 5.41) is 9.04. The summed E-state index contributed by atoms with van der Waals surface area (Å²) < 4.78 is 0. The molecule has 1 heterocycles. The molecule has 0 bridgehead atoms. The lowest BCUT2D eigenvalue weighted by Gasteiger charge is -2.22. The molecule has 1 aliphatic heterocycles. The highest BCUT2D eigenvalue weighted by Gasteiger charge is 2.16. The number of carbonyl (C=O) groups excluding carboxylic acids is 2. The first-order chi connectivity index (χ1) is 10.7. The number of benzene rings is 1. The number of nitrogens with one attached hydrogen (secondary N) is 3. The van der Waals surface area contributed by atoms with Gasteiger partial charge >= 0.3 is 0 Å². The quantitative estimate of drug-likeness (QED) is 0.735. The Bertz CT molecular complexity index is 499. The number of carbonyl (C=O) groups is 2. The minimum atomic E-state index is -0.0704. The zero-order chi connectivity index (χ0) is 15.8. The molecule has 1 aliphatic rings. The van der Waals surface area contributed by atoms with Crippen LogP contribution in [-0.2, 0) is 11.3 Å². The van der Waals surface area contributed by atoms with Crippen LogP contribution in [0.25, 0.3) is 0 Å². The summed E-state index contributed by atoms with van der Waals surface area (Å²) >= 11 is 1.89. The van der Waals surface area contributed by atoms with Gasteiger partial charge in [0.05, 0.1) is 0 Å². The SMILES string of the molecule is CCNC(=O)c1ccc(CNC(=O)CC2CSCCN2)cc1. The molecule has 1 atom stereocenters. The average Bonchev–Trinajstić information content (AvgIpc) is 2.54. The third kappa shape index (κ3) is 5.35. The van der Waals surface area contributed by atoms with Gasteiger partial charge in [-0.15, -0.1) is 0 Å². The molecule has 1 aromatic rings. The molecule has 0 aliphatic carbocycles. The maximum Gasteiger partial charge on any atom is 0.251 e. The highest BCUT2D eigenvalue weighted by molar-refractivity contribution is 7.99. The van der Waals surface area contributed by atoms with E-state index in [9.17, 15) is 9.59 Å². The minimum absolute atomic E-state index is 0.0628. The third-order valence-corrected chi connectivity index (χ3v) is 4.60. The Labute approximate surface area is 135 Å². The molecule has 0 radical (unpaired) electrons. The normalized spacial score (nSPS) is 17.8. The lowest BCUT2D eigenvalue weighted by molar-refractivity contribution is -0.121. The summed E-state index contributed by atoms with van der Waals surface area (Å²) in [4.78, 5) is 23.6. The van der Waals surface area contributed by atoms with Gasteiger partial charge in [0.25, 0.3) is 5.91 Å². The molecule has 0 saturated carbocycles. The van der Waals surface area contributed by atoms with Gasteiger partial charge in [-0.05, 0) is 24.6 Å². The summed E-state index contributed by atoms with van der Waals surface area (Å²) in [6.07, 6.45) is 0.518. The molecule has 2 rings (SSSR count). The van der Waals surface area contributed by atoms with Gasteiger partial charge in [0.1, 0.15) is 0 Å². The minimum Gasteiger partial charge on any atom is -0.352 e. The van der Waals surface area contributed by atoms with Gasteiger partial charge in [-0.2, -0.15) is 11.8 Å². The van der Waals surface area contributed by atoms with Crippen LogP contribution >= 0.6 is 11.8 Å². The molecule has 1 aromatic carbocycles. The van der Waals surface area contributed by atoms with Crippen molar-refractivity contribution in [3.63, 3.8) is 0 Å². The van der Waals surface area contributed by atoms with Gasteiger partial charge in [-0.25, -0.2) is 0 Å². The van der Waals surface area contributed by atoms with Crippen LogP contribution in [0.5, 0.6) is 0 Å². The third-order valence-electron chi connectivity index (χ3n) is 3.47. The Morgan fingerprint density at radius 3 is 2.68 bits per heavy atom. The van der Waals surface area contributed by atoms with Crippen molar-refractivity contribution in [3.05, 3.63) is 35.4 Å². The first-order valence-electron chi connectivity index (χ1n) is 7.64. The first-order valence-corrected chi connectivity index (χ1v) is 8.79. The number of hydrogen-bond donors (Lipinski definition) is 3. The highest BCUT2D eigenvalue weighted by atomic mass is 32.2. The van der Waals surface area contributed by atoms with E-state index in [0.717, 1.165) is 23.6 Å². The van der Waals surface area contributed by atoms with Crippen LogP contribution < -0.4 is 16.0 Å². The fourth-order valence-electron chi connectivity index (χ4n) is 2.28. The fraction of sp³-hybridized carbons (Fsp3) is 0.500. The van der Waals surface area contributed by atoms with E-state index in [4.69, 9.17) is 0 Å². The van der Waals surface area contributed by atoms with Gasteiger partial charge in [-0.1, -0.05) is 12.1 Å². The summed E-state index contributed by atoms with van der Waals surface area (Å²) in [6, 6.07) is 7.59. The summed E-state index contributed by atoms with van der Waals surface area (Å²) in [7, 11) is 0. The molecule has 0 spiro atoms. The van der Waals surface area contributed by atoms with Crippen LogP contribution in [0.4, 0.5) is 0 Å². The van der Waals surface area contributed by atoms with Crippen LogP contribution in [0.3, 0.4) is 0 Å². The first kappa shape index (κ1) is 16.8. The van der Waals surface area contributed by atoms with Gasteiger partial charge in [0, 0.05) is 49.2 Å². The Kier molecular flexibility index (Phi) is 6.74. The van der Waals surface area contributed by atoms with Crippen LogP contribution in [-0.4, -0.2) is 42.5 Å². The summed E-state index contributed by atoms with van der Waals surface area (Å²) in [5.41, 5.74) is 1.63. The van der Waals surface area contributed by atoms with E-state index in [1.54, 1.807) is 12.1 Å². The standard InChI is InChI=1S/C16H23N3O2S/c1-2-17-16(21)13-5-3-12(4-6-13)10-19-15(20)9-14-11-22-8-7-18-14/h3-6,14,18H,2,7-11H2,1H3,(H,17,21)(H,19,20). The largest absolute Gasteiger partial charge is 0.352 e. The smallest absolute Gasteiger partial charge is 0.251 e. The monoisotopic (exact) mass is 321 g/mol. The van der Waals surface area contributed by atoms with Crippen molar-refractivity contribution in [2.24, 2.45) is 0 Å².